The monoisotopic (exact) mass is 945 g/mol. The Hall–Kier alpha value is -7.17. The Morgan fingerprint density at radius 1 is 0.500 bits per heavy atom. The van der Waals surface area contributed by atoms with E-state index in [0.717, 1.165) is 43.7 Å². The van der Waals surface area contributed by atoms with Crippen LogP contribution in [0.25, 0.3) is 33.4 Å². The number of benzene rings is 7. The van der Waals surface area contributed by atoms with E-state index in [9.17, 15) is 0 Å². The summed E-state index contributed by atoms with van der Waals surface area (Å²) in [5, 5.41) is 0. The van der Waals surface area contributed by atoms with Crippen LogP contribution >= 0.6 is 0 Å². The Morgan fingerprint density at radius 3 is 1.92 bits per heavy atom. The molecule has 0 saturated carbocycles. The van der Waals surface area contributed by atoms with Gasteiger partial charge in [-0.2, -0.15) is 0 Å². The molecule has 11 rings (SSSR count). The van der Waals surface area contributed by atoms with E-state index in [0.29, 0.717) is 12.4 Å². The molecule has 0 fully saturated rings. The molecule has 0 atom stereocenters. The van der Waals surface area contributed by atoms with E-state index in [4.69, 9.17) is 14.7 Å². The molecular formula is C57H45N5OTe. The number of anilines is 7. The number of para-hydroxylation sites is 4. The van der Waals surface area contributed by atoms with Gasteiger partial charge < -0.3 is 0 Å². The van der Waals surface area contributed by atoms with Gasteiger partial charge in [0.2, 0.25) is 0 Å². The van der Waals surface area contributed by atoms with Crippen LogP contribution in [0.15, 0.2) is 207 Å². The molecule has 0 unspecified atom stereocenters. The van der Waals surface area contributed by atoms with Crippen molar-refractivity contribution in [3.05, 3.63) is 212 Å². The summed E-state index contributed by atoms with van der Waals surface area (Å²) in [5.74, 6) is 2.31. The van der Waals surface area contributed by atoms with Crippen molar-refractivity contribution in [1.82, 2.24) is 9.97 Å². The van der Waals surface area contributed by atoms with Crippen LogP contribution in [0.4, 0.5) is 39.9 Å². The average Bonchev–Trinajstić information content (AvgIpc) is 3.73. The predicted octanol–water partition coefficient (Wildman–Crippen LogP) is 13.3. The quantitative estimate of drug-likeness (QED) is 0.141. The van der Waals surface area contributed by atoms with Crippen molar-refractivity contribution < 1.29 is 4.74 Å². The van der Waals surface area contributed by atoms with Crippen molar-refractivity contribution in [3.63, 3.8) is 0 Å². The first kappa shape index (κ1) is 39.7. The molecule has 2 aliphatic rings. The predicted molar refractivity (Wildman–Crippen MR) is 265 cm³/mol. The molecule has 2 aliphatic heterocycles. The number of hydrogen-bond acceptors (Lipinski definition) is 6. The first-order valence-electron chi connectivity index (χ1n) is 21.7. The van der Waals surface area contributed by atoms with Gasteiger partial charge in [0.1, 0.15) is 0 Å². The number of fused-ring (bicyclic) bond motifs is 3. The van der Waals surface area contributed by atoms with Gasteiger partial charge in [-0.15, -0.1) is 0 Å². The number of aromatic nitrogens is 2. The molecule has 2 aromatic heterocycles. The Bertz CT molecular complexity index is 3170. The van der Waals surface area contributed by atoms with Crippen LogP contribution in [-0.4, -0.2) is 37.6 Å². The molecule has 0 amide bonds. The summed E-state index contributed by atoms with van der Waals surface area (Å²) in [6, 6.07) is 69.2. The Morgan fingerprint density at radius 2 is 1.14 bits per heavy atom. The third kappa shape index (κ3) is 7.47. The van der Waals surface area contributed by atoms with Crippen molar-refractivity contribution in [1.29, 1.82) is 0 Å². The topological polar surface area (TPSA) is 44.7 Å². The van der Waals surface area contributed by atoms with Gasteiger partial charge >= 0.3 is 245 Å². The first-order chi connectivity index (χ1) is 31.4. The van der Waals surface area contributed by atoms with Gasteiger partial charge in [-0.05, 0) is 28.3 Å². The van der Waals surface area contributed by atoms with Gasteiger partial charge in [-0.25, -0.2) is 0 Å². The minimum atomic E-state index is -0.730. The van der Waals surface area contributed by atoms with Crippen LogP contribution in [-0.2, 0) is 5.41 Å². The van der Waals surface area contributed by atoms with Crippen molar-refractivity contribution >= 4 is 68.2 Å². The molecule has 64 heavy (non-hydrogen) atoms. The number of hydrogen-bond donors (Lipinski definition) is 0. The minimum absolute atomic E-state index is 0.0207. The number of ether oxygens (including phenoxy) is 1. The normalized spacial score (nSPS) is 13.0. The van der Waals surface area contributed by atoms with Crippen molar-refractivity contribution in [2.75, 3.05) is 21.4 Å². The molecule has 0 bridgehead atoms. The fourth-order valence-corrected chi connectivity index (χ4v) is 11.6. The van der Waals surface area contributed by atoms with E-state index < -0.39 is 20.9 Å². The molecule has 4 heterocycles. The average molecular weight is 944 g/mol. The van der Waals surface area contributed by atoms with E-state index in [-0.39, 0.29) is 5.41 Å². The number of nitrogens with zero attached hydrogens (tertiary/aromatic N) is 5. The van der Waals surface area contributed by atoms with Crippen LogP contribution < -0.4 is 26.8 Å². The zero-order chi connectivity index (χ0) is 43.2. The second kappa shape index (κ2) is 16.5. The summed E-state index contributed by atoms with van der Waals surface area (Å²) < 4.78 is 9.22. The van der Waals surface area contributed by atoms with Gasteiger partial charge in [0.25, 0.3) is 0 Å². The standard InChI is InChI=1S/C57H45N5OTe/c1-57(2,3)43-31-32-58-54(34-43)62-51-29-12-13-30-53(51)64-56-52(62)36-46(37-59-56)63-45-24-15-23-44(35-45)60-38-61(50-28-11-10-27-49(50)60)55-47(40-19-8-5-9-20-40)25-16-26-48(55)42-22-14-21-41(33-42)39-17-6-4-7-18-39/h4-37H,38H2,1-3H3. The molecule has 0 radical (unpaired) electrons. The van der Waals surface area contributed by atoms with Gasteiger partial charge in [0.15, 0.2) is 0 Å². The summed E-state index contributed by atoms with van der Waals surface area (Å²) in [5.41, 5.74) is 15.0. The molecule has 0 N–H and O–H groups in total. The molecular weight excluding hydrogens is 898 g/mol. The second-order valence-electron chi connectivity index (χ2n) is 17.2. The fourth-order valence-electron chi connectivity index (χ4n) is 8.83. The van der Waals surface area contributed by atoms with Crippen LogP contribution in [0.3, 0.4) is 0 Å². The molecule has 7 heteroatoms. The molecule has 0 saturated heterocycles. The van der Waals surface area contributed by atoms with Crippen LogP contribution in [0.1, 0.15) is 26.3 Å². The van der Waals surface area contributed by atoms with Gasteiger partial charge in [0, 0.05) is 11.1 Å². The number of rotatable bonds is 8. The zero-order valence-electron chi connectivity index (χ0n) is 35.9. The summed E-state index contributed by atoms with van der Waals surface area (Å²) >= 11 is -0.730. The number of pyridine rings is 2. The van der Waals surface area contributed by atoms with Crippen LogP contribution in [0.5, 0.6) is 11.5 Å². The van der Waals surface area contributed by atoms with Gasteiger partial charge in [-0.3, -0.25) is 0 Å². The summed E-state index contributed by atoms with van der Waals surface area (Å²) in [6.07, 6.45) is 3.80. The third-order valence-electron chi connectivity index (χ3n) is 12.0. The molecule has 7 aromatic carbocycles. The molecule has 0 aliphatic carbocycles. The van der Waals surface area contributed by atoms with E-state index in [1.807, 2.05) is 18.5 Å². The molecule has 0 spiro atoms. The third-order valence-corrected chi connectivity index (χ3v) is 15.0. The van der Waals surface area contributed by atoms with Crippen LogP contribution in [0.2, 0.25) is 0 Å². The summed E-state index contributed by atoms with van der Waals surface area (Å²) in [6.45, 7) is 7.33. The second-order valence-corrected chi connectivity index (χ2v) is 20.1. The van der Waals surface area contributed by atoms with E-state index >= 15 is 0 Å². The van der Waals surface area contributed by atoms with Crippen LogP contribution in [0, 0.1) is 0 Å². The van der Waals surface area contributed by atoms with E-state index in [2.05, 4.69) is 224 Å². The zero-order valence-corrected chi connectivity index (χ0v) is 38.2. The fraction of sp³-hybridized carbons (Fsp3) is 0.0877. The van der Waals surface area contributed by atoms with Crippen molar-refractivity contribution in [2.24, 2.45) is 0 Å². The maximum absolute atomic E-state index is 6.76. The van der Waals surface area contributed by atoms with E-state index in [1.165, 1.54) is 48.2 Å². The van der Waals surface area contributed by atoms with Gasteiger partial charge in [-0.1, -0.05) is 103 Å². The Balaban J connectivity index is 0.956. The van der Waals surface area contributed by atoms with Gasteiger partial charge in [0.05, 0.1) is 0 Å². The SMILES string of the molecule is CC(C)(C)c1ccnc(N2c3ccccc3[Te]c3ncc(Oc4cccc(N5CN(c6c(-c7ccccc7)cccc6-c6cccc(-c7ccccc7)c6)c6ccccc65)c4)cc32)c1. The summed E-state index contributed by atoms with van der Waals surface area (Å²) in [7, 11) is 0. The summed E-state index contributed by atoms with van der Waals surface area (Å²) in [4.78, 5) is 17.1. The maximum atomic E-state index is 6.76. The van der Waals surface area contributed by atoms with Crippen molar-refractivity contribution in [3.8, 4) is 44.9 Å². The van der Waals surface area contributed by atoms with Crippen molar-refractivity contribution in [2.45, 2.75) is 26.2 Å². The van der Waals surface area contributed by atoms with E-state index in [1.54, 1.807) is 0 Å². The Kier molecular flexibility index (Phi) is 10.2. The Labute approximate surface area is 385 Å². The molecule has 6 nitrogen and oxygen atoms in total. The first-order valence-corrected chi connectivity index (χ1v) is 24.0. The molecule has 9 aromatic rings. The molecule has 310 valence electrons.